The molecule has 0 atom stereocenters. The minimum atomic E-state index is -1.54. The van der Waals surface area contributed by atoms with Gasteiger partial charge in [0, 0.05) is 30.9 Å². The van der Waals surface area contributed by atoms with Gasteiger partial charge in [0.2, 0.25) is 5.91 Å². The molecule has 0 bridgehead atoms. The highest BCUT2D eigenvalue weighted by molar-refractivity contribution is 5.92. The van der Waals surface area contributed by atoms with Crippen LogP contribution in [-0.2, 0) is 4.79 Å². The zero-order valence-electron chi connectivity index (χ0n) is 10.9. The van der Waals surface area contributed by atoms with Gasteiger partial charge in [-0.1, -0.05) is 0 Å². The van der Waals surface area contributed by atoms with Gasteiger partial charge in [0.05, 0.1) is 6.54 Å². The van der Waals surface area contributed by atoms with Crippen LogP contribution < -0.4 is 10.6 Å². The predicted molar refractivity (Wildman–Crippen MR) is 68.9 cm³/mol. The van der Waals surface area contributed by atoms with Crippen molar-refractivity contribution in [3.8, 4) is 0 Å². The van der Waals surface area contributed by atoms with Crippen LogP contribution in [0.5, 0.6) is 0 Å². The zero-order valence-corrected chi connectivity index (χ0v) is 10.9. The Kier molecular flexibility index (Phi) is 4.97. The van der Waals surface area contributed by atoms with Crippen LogP contribution in [0.1, 0.15) is 6.42 Å². The van der Waals surface area contributed by atoms with Crippen molar-refractivity contribution in [1.29, 1.82) is 0 Å². The van der Waals surface area contributed by atoms with E-state index in [2.05, 4.69) is 10.6 Å². The molecule has 1 aromatic rings. The van der Waals surface area contributed by atoms with E-state index >= 15 is 0 Å². The third-order valence-corrected chi connectivity index (χ3v) is 3.07. The number of carbonyl (C=O) groups is 1. The number of nitrogens with one attached hydrogen (secondary N) is 2. The van der Waals surface area contributed by atoms with E-state index in [0.29, 0.717) is 0 Å². The van der Waals surface area contributed by atoms with Crippen LogP contribution in [0.4, 0.5) is 18.9 Å². The first-order valence-corrected chi connectivity index (χ1v) is 6.44. The molecule has 0 saturated carbocycles. The van der Waals surface area contributed by atoms with Gasteiger partial charge < -0.3 is 10.6 Å². The van der Waals surface area contributed by atoms with Crippen LogP contribution in [0.3, 0.4) is 0 Å². The summed E-state index contributed by atoms with van der Waals surface area (Å²) < 4.78 is 38.8. The minimum absolute atomic E-state index is 0.0839. The average molecular weight is 287 g/mol. The van der Waals surface area contributed by atoms with Crippen LogP contribution in [0.25, 0.3) is 0 Å². The Morgan fingerprint density at radius 2 is 1.90 bits per heavy atom. The van der Waals surface area contributed by atoms with Crippen LogP contribution >= 0.6 is 0 Å². The molecule has 1 saturated heterocycles. The molecule has 1 fully saturated rings. The molecule has 0 radical (unpaired) electrons. The molecule has 0 aliphatic carbocycles. The first kappa shape index (κ1) is 14.8. The zero-order chi connectivity index (χ0) is 14.5. The molecular weight excluding hydrogens is 271 g/mol. The van der Waals surface area contributed by atoms with E-state index in [1.165, 1.54) is 0 Å². The van der Waals surface area contributed by atoms with Gasteiger partial charge in [-0.05, 0) is 19.5 Å². The molecule has 0 spiro atoms. The summed E-state index contributed by atoms with van der Waals surface area (Å²) in [6, 6.07) is 1.53. The highest BCUT2D eigenvalue weighted by Gasteiger charge is 2.15. The van der Waals surface area contributed by atoms with Gasteiger partial charge >= 0.3 is 0 Å². The lowest BCUT2D eigenvalue weighted by atomic mass is 10.2. The summed E-state index contributed by atoms with van der Waals surface area (Å²) in [6.45, 7) is 3.37. The SMILES string of the molecule is O=C(CN1CCCNCC1)Nc1cc(F)c(F)c(F)c1. The normalized spacial score (nSPS) is 16.8. The molecule has 110 valence electrons. The summed E-state index contributed by atoms with van der Waals surface area (Å²) >= 11 is 0. The average Bonchev–Trinajstić information content (AvgIpc) is 2.64. The summed E-state index contributed by atoms with van der Waals surface area (Å²) in [5, 5.41) is 5.58. The molecule has 0 unspecified atom stereocenters. The van der Waals surface area contributed by atoms with Crippen molar-refractivity contribution in [3.05, 3.63) is 29.6 Å². The van der Waals surface area contributed by atoms with E-state index in [1.807, 2.05) is 4.90 Å². The standard InChI is InChI=1S/C13H16F3N3O/c14-10-6-9(7-11(15)13(10)16)18-12(20)8-19-4-1-2-17-3-5-19/h6-7,17H,1-5,8H2,(H,18,20). The number of amides is 1. The first-order valence-electron chi connectivity index (χ1n) is 6.44. The monoisotopic (exact) mass is 287 g/mol. The summed E-state index contributed by atoms with van der Waals surface area (Å²) in [5.41, 5.74) is -0.0839. The number of hydrogen-bond acceptors (Lipinski definition) is 3. The Labute approximate surface area is 114 Å². The lowest BCUT2D eigenvalue weighted by Crippen LogP contribution is -2.35. The molecule has 0 aromatic heterocycles. The molecule has 7 heteroatoms. The third kappa shape index (κ3) is 3.94. The van der Waals surface area contributed by atoms with Crippen molar-refractivity contribution in [3.63, 3.8) is 0 Å². The Balaban J connectivity index is 1.94. The Hall–Kier alpha value is -1.60. The molecule has 1 heterocycles. The number of rotatable bonds is 3. The fourth-order valence-electron chi connectivity index (χ4n) is 2.09. The number of anilines is 1. The van der Waals surface area contributed by atoms with Crippen LogP contribution in [0, 0.1) is 17.5 Å². The predicted octanol–water partition coefficient (Wildman–Crippen LogP) is 1.34. The van der Waals surface area contributed by atoms with Crippen molar-refractivity contribution in [2.24, 2.45) is 0 Å². The van der Waals surface area contributed by atoms with E-state index in [4.69, 9.17) is 0 Å². The molecule has 1 amide bonds. The Morgan fingerprint density at radius 3 is 2.60 bits per heavy atom. The molecule has 2 N–H and O–H groups in total. The van der Waals surface area contributed by atoms with Gasteiger partial charge in [-0.25, -0.2) is 13.2 Å². The third-order valence-electron chi connectivity index (χ3n) is 3.07. The topological polar surface area (TPSA) is 44.4 Å². The van der Waals surface area contributed by atoms with Crippen molar-refractivity contribution in [2.75, 3.05) is 38.0 Å². The second-order valence-corrected chi connectivity index (χ2v) is 4.68. The van der Waals surface area contributed by atoms with Gasteiger partial charge in [-0.15, -0.1) is 0 Å². The Bertz CT molecular complexity index is 465. The van der Waals surface area contributed by atoms with Gasteiger partial charge in [0.15, 0.2) is 17.5 Å². The van der Waals surface area contributed by atoms with E-state index < -0.39 is 17.5 Å². The molecule has 1 aromatic carbocycles. The van der Waals surface area contributed by atoms with Crippen molar-refractivity contribution in [2.45, 2.75) is 6.42 Å². The maximum absolute atomic E-state index is 13.0. The maximum Gasteiger partial charge on any atom is 0.238 e. The van der Waals surface area contributed by atoms with Crippen LogP contribution in [0.2, 0.25) is 0 Å². The van der Waals surface area contributed by atoms with E-state index in [1.54, 1.807) is 0 Å². The van der Waals surface area contributed by atoms with Crippen molar-refractivity contribution < 1.29 is 18.0 Å². The van der Waals surface area contributed by atoms with E-state index in [0.717, 1.165) is 44.7 Å². The molecule has 4 nitrogen and oxygen atoms in total. The van der Waals surface area contributed by atoms with E-state index in [9.17, 15) is 18.0 Å². The van der Waals surface area contributed by atoms with Crippen molar-refractivity contribution in [1.82, 2.24) is 10.2 Å². The largest absolute Gasteiger partial charge is 0.325 e. The quantitative estimate of drug-likeness (QED) is 0.825. The number of hydrogen-bond donors (Lipinski definition) is 2. The number of nitrogens with zero attached hydrogens (tertiary/aromatic N) is 1. The second kappa shape index (κ2) is 6.71. The summed E-state index contributed by atoms with van der Waals surface area (Å²) in [7, 11) is 0. The smallest absolute Gasteiger partial charge is 0.238 e. The summed E-state index contributed by atoms with van der Waals surface area (Å²) in [6.07, 6.45) is 0.938. The summed E-state index contributed by atoms with van der Waals surface area (Å²) in [5.74, 6) is -4.56. The highest BCUT2D eigenvalue weighted by Crippen LogP contribution is 2.17. The lowest BCUT2D eigenvalue weighted by molar-refractivity contribution is -0.117. The number of halogens is 3. The van der Waals surface area contributed by atoms with Gasteiger partial charge in [0.1, 0.15) is 0 Å². The van der Waals surface area contributed by atoms with E-state index in [-0.39, 0.29) is 18.1 Å². The highest BCUT2D eigenvalue weighted by atomic mass is 19.2. The second-order valence-electron chi connectivity index (χ2n) is 4.68. The Morgan fingerprint density at radius 1 is 1.20 bits per heavy atom. The lowest BCUT2D eigenvalue weighted by Gasteiger charge is -2.18. The molecule has 1 aliphatic rings. The van der Waals surface area contributed by atoms with Gasteiger partial charge in [-0.2, -0.15) is 0 Å². The van der Waals surface area contributed by atoms with Gasteiger partial charge in [-0.3, -0.25) is 9.69 Å². The fourth-order valence-corrected chi connectivity index (χ4v) is 2.09. The number of benzene rings is 1. The van der Waals surface area contributed by atoms with Crippen LogP contribution in [-0.4, -0.2) is 43.5 Å². The molecule has 2 rings (SSSR count). The molecule has 20 heavy (non-hydrogen) atoms. The first-order chi connectivity index (χ1) is 9.56. The van der Waals surface area contributed by atoms with Crippen LogP contribution in [0.15, 0.2) is 12.1 Å². The maximum atomic E-state index is 13.0. The van der Waals surface area contributed by atoms with Crippen molar-refractivity contribution >= 4 is 11.6 Å². The molecular formula is C13H16F3N3O. The minimum Gasteiger partial charge on any atom is -0.325 e. The molecule has 1 aliphatic heterocycles. The van der Waals surface area contributed by atoms with Gasteiger partial charge in [0.25, 0.3) is 0 Å². The number of carbonyl (C=O) groups excluding carboxylic acids is 1. The summed E-state index contributed by atoms with van der Waals surface area (Å²) in [4.78, 5) is 13.7. The fraction of sp³-hybridized carbons (Fsp3) is 0.462.